The zero-order valence-electron chi connectivity index (χ0n) is 24.1. The van der Waals surface area contributed by atoms with Gasteiger partial charge in [0.2, 0.25) is 5.75 Å². The minimum atomic E-state index is 0.0622. The van der Waals surface area contributed by atoms with Crippen molar-refractivity contribution in [3.8, 4) is 46.0 Å². The van der Waals surface area contributed by atoms with Crippen LogP contribution in [0.25, 0.3) is 0 Å². The number of hydrogen-bond donors (Lipinski definition) is 1. The van der Waals surface area contributed by atoms with Crippen molar-refractivity contribution < 1.29 is 24.1 Å². The van der Waals surface area contributed by atoms with Crippen molar-refractivity contribution in [2.24, 2.45) is 0 Å². The van der Waals surface area contributed by atoms with Crippen LogP contribution >= 0.6 is 0 Å². The van der Waals surface area contributed by atoms with E-state index >= 15 is 0 Å². The molecule has 0 saturated carbocycles. The SMILES string of the molecule is COc1ccc2cc1Oc1ccc(cc1)CC1c3c(cc(O)c4c3Oc3cc5c(cc3O4)CCN(C)C5C2)CCN1C. The zero-order chi connectivity index (χ0) is 28.5. The van der Waals surface area contributed by atoms with Gasteiger partial charge in [0, 0.05) is 30.7 Å². The first-order chi connectivity index (χ1) is 20.4. The second-order valence-electron chi connectivity index (χ2n) is 12.0. The smallest absolute Gasteiger partial charge is 0.212 e. The normalized spacial score (nSPS) is 20.6. The van der Waals surface area contributed by atoms with Crippen LogP contribution in [0, 0.1) is 0 Å². The average Bonchev–Trinajstić information content (AvgIpc) is 2.99. The number of methoxy groups -OCH3 is 1. The maximum Gasteiger partial charge on any atom is 0.212 e. The van der Waals surface area contributed by atoms with Gasteiger partial charge < -0.3 is 24.1 Å². The molecule has 0 amide bonds. The van der Waals surface area contributed by atoms with Crippen molar-refractivity contribution in [3.05, 3.63) is 94.0 Å². The van der Waals surface area contributed by atoms with Gasteiger partial charge in [-0.3, -0.25) is 9.80 Å². The van der Waals surface area contributed by atoms with Gasteiger partial charge in [0.1, 0.15) is 5.75 Å². The van der Waals surface area contributed by atoms with Crippen LogP contribution in [0.15, 0.2) is 60.7 Å². The Balaban J connectivity index is 1.32. The van der Waals surface area contributed by atoms with Crippen molar-refractivity contribution in [2.45, 2.75) is 37.8 Å². The monoisotopic (exact) mass is 562 g/mol. The second kappa shape index (κ2) is 9.68. The van der Waals surface area contributed by atoms with Gasteiger partial charge in [0.15, 0.2) is 34.5 Å². The molecule has 4 aromatic carbocycles. The molecule has 2 atom stereocenters. The summed E-state index contributed by atoms with van der Waals surface area (Å²) >= 11 is 0. The number of likely N-dealkylation sites (N-methyl/N-ethyl adjacent to an activating group) is 2. The molecule has 7 bridgehead atoms. The molecule has 9 rings (SSSR count). The Labute approximate surface area is 245 Å². The molecule has 0 aromatic heterocycles. The van der Waals surface area contributed by atoms with Gasteiger partial charge in [0.25, 0.3) is 0 Å². The van der Waals surface area contributed by atoms with Crippen molar-refractivity contribution in [3.63, 3.8) is 0 Å². The van der Waals surface area contributed by atoms with Crippen LogP contribution in [0.5, 0.6) is 46.0 Å². The minimum Gasteiger partial charge on any atom is -0.504 e. The number of ether oxygens (including phenoxy) is 4. The summed E-state index contributed by atoms with van der Waals surface area (Å²) in [6.07, 6.45) is 3.35. The molecule has 42 heavy (non-hydrogen) atoms. The lowest BCUT2D eigenvalue weighted by molar-refractivity contribution is 0.218. The van der Waals surface area contributed by atoms with E-state index in [-0.39, 0.29) is 17.8 Å². The van der Waals surface area contributed by atoms with E-state index < -0.39 is 0 Å². The first kappa shape index (κ1) is 25.5. The number of nitrogens with zero attached hydrogens (tertiary/aromatic N) is 2. The molecule has 0 radical (unpaired) electrons. The summed E-state index contributed by atoms with van der Waals surface area (Å²) in [4.78, 5) is 4.78. The summed E-state index contributed by atoms with van der Waals surface area (Å²) < 4.78 is 25.3. The molecule has 5 heterocycles. The average molecular weight is 563 g/mol. The molecule has 0 spiro atoms. The van der Waals surface area contributed by atoms with Gasteiger partial charge in [-0.2, -0.15) is 0 Å². The lowest BCUT2D eigenvalue weighted by atomic mass is 9.86. The summed E-state index contributed by atoms with van der Waals surface area (Å²) in [5.41, 5.74) is 7.04. The maximum atomic E-state index is 11.1. The number of hydrogen-bond acceptors (Lipinski definition) is 7. The van der Waals surface area contributed by atoms with Gasteiger partial charge in [-0.05, 0) is 110 Å². The summed E-state index contributed by atoms with van der Waals surface area (Å²) in [6.45, 7) is 1.83. The summed E-state index contributed by atoms with van der Waals surface area (Å²) in [7, 11) is 6.02. The Morgan fingerprint density at radius 1 is 0.714 bits per heavy atom. The van der Waals surface area contributed by atoms with Crippen LogP contribution in [0.1, 0.15) is 45.5 Å². The van der Waals surface area contributed by atoms with Crippen LogP contribution in [0.4, 0.5) is 0 Å². The third-order valence-corrected chi connectivity index (χ3v) is 9.43. The molecule has 214 valence electrons. The van der Waals surface area contributed by atoms with Gasteiger partial charge in [-0.15, -0.1) is 0 Å². The molecule has 2 unspecified atom stereocenters. The molecule has 0 fully saturated rings. The van der Waals surface area contributed by atoms with Gasteiger partial charge in [-0.1, -0.05) is 18.2 Å². The highest BCUT2D eigenvalue weighted by atomic mass is 16.6. The molecule has 7 nitrogen and oxygen atoms in total. The van der Waals surface area contributed by atoms with Crippen molar-refractivity contribution in [1.82, 2.24) is 9.80 Å². The first-order valence-electron chi connectivity index (χ1n) is 14.7. The van der Waals surface area contributed by atoms with Crippen molar-refractivity contribution in [1.29, 1.82) is 0 Å². The van der Waals surface area contributed by atoms with Crippen LogP contribution in [0.2, 0.25) is 0 Å². The van der Waals surface area contributed by atoms with E-state index in [1.165, 1.54) is 22.3 Å². The molecule has 0 aliphatic carbocycles. The minimum absolute atomic E-state index is 0.0622. The lowest BCUT2D eigenvalue weighted by Gasteiger charge is -2.38. The van der Waals surface area contributed by atoms with Gasteiger partial charge >= 0.3 is 0 Å². The van der Waals surface area contributed by atoms with Gasteiger partial charge in [-0.25, -0.2) is 0 Å². The maximum absolute atomic E-state index is 11.1. The number of fused-ring (bicyclic) bond motifs is 2. The van der Waals surface area contributed by atoms with Crippen molar-refractivity contribution >= 4 is 0 Å². The molecule has 7 heteroatoms. The molecule has 0 saturated heterocycles. The standard InChI is InChI=1S/C35H34N2O5/c1-36-12-10-22-18-31-32-19-25(22)26(36)15-21-6-9-29(39-3)30(16-21)40-24-7-4-20(5-8-24)14-27-33-23(11-13-37(27)2)17-28(38)34(41-31)35(33)42-32/h4-9,16-19,26-27,38H,10-15H2,1-3H3. The molecule has 1 N–H and O–H groups in total. The number of phenols is 1. The fourth-order valence-corrected chi connectivity index (χ4v) is 7.07. The van der Waals surface area contributed by atoms with E-state index in [1.54, 1.807) is 7.11 Å². The number of phenolic OH excluding ortho intramolecular Hbond substituents is 1. The Kier molecular flexibility index (Phi) is 5.88. The van der Waals surface area contributed by atoms with Gasteiger partial charge in [0.05, 0.1) is 7.11 Å². The fourth-order valence-electron chi connectivity index (χ4n) is 7.07. The van der Waals surface area contributed by atoms with E-state index in [0.717, 1.165) is 55.6 Å². The highest BCUT2D eigenvalue weighted by Gasteiger charge is 2.36. The highest BCUT2D eigenvalue weighted by Crippen LogP contribution is 2.56. The van der Waals surface area contributed by atoms with E-state index in [4.69, 9.17) is 18.9 Å². The topological polar surface area (TPSA) is 63.6 Å². The largest absolute Gasteiger partial charge is 0.504 e. The predicted octanol–water partition coefficient (Wildman–Crippen LogP) is 6.95. The molecular weight excluding hydrogens is 528 g/mol. The molecule has 5 aliphatic rings. The van der Waals surface area contributed by atoms with Crippen LogP contribution in [0.3, 0.4) is 0 Å². The van der Waals surface area contributed by atoms with E-state index in [9.17, 15) is 5.11 Å². The third kappa shape index (κ3) is 4.10. The van der Waals surface area contributed by atoms with Crippen LogP contribution < -0.4 is 18.9 Å². The number of rotatable bonds is 1. The van der Waals surface area contributed by atoms with E-state index in [0.29, 0.717) is 34.5 Å². The van der Waals surface area contributed by atoms with Crippen molar-refractivity contribution in [2.75, 3.05) is 34.3 Å². The Morgan fingerprint density at radius 2 is 1.40 bits per heavy atom. The Bertz CT molecular complexity index is 1720. The van der Waals surface area contributed by atoms with Crippen LogP contribution in [-0.4, -0.2) is 49.2 Å². The van der Waals surface area contributed by atoms with Crippen LogP contribution in [-0.2, 0) is 25.7 Å². The third-order valence-electron chi connectivity index (χ3n) is 9.43. The second-order valence-corrected chi connectivity index (χ2v) is 12.0. The Hall–Kier alpha value is -4.20. The number of benzene rings is 4. The highest BCUT2D eigenvalue weighted by molar-refractivity contribution is 5.67. The molecular formula is C35H34N2O5. The number of aromatic hydroxyl groups is 1. The summed E-state index contributed by atoms with van der Waals surface area (Å²) in [5.74, 6) is 4.72. The fraction of sp³-hybridized carbons (Fsp3) is 0.314. The molecule has 4 aromatic rings. The summed E-state index contributed by atoms with van der Waals surface area (Å²) in [6, 6.07) is 20.9. The first-order valence-corrected chi connectivity index (χ1v) is 14.7. The zero-order valence-corrected chi connectivity index (χ0v) is 24.1. The van der Waals surface area contributed by atoms with E-state index in [1.807, 2.05) is 24.3 Å². The Morgan fingerprint density at radius 3 is 2.21 bits per heavy atom. The molecule has 5 aliphatic heterocycles. The summed E-state index contributed by atoms with van der Waals surface area (Å²) in [5, 5.41) is 11.1. The quantitative estimate of drug-likeness (QED) is 0.237. The predicted molar refractivity (Wildman–Crippen MR) is 160 cm³/mol. The lowest BCUT2D eigenvalue weighted by Crippen LogP contribution is -2.34. The van der Waals surface area contributed by atoms with E-state index in [2.05, 4.69) is 60.3 Å².